The lowest BCUT2D eigenvalue weighted by Crippen LogP contribution is -2.52. The summed E-state index contributed by atoms with van der Waals surface area (Å²) in [6, 6.07) is 13.2. The number of benzene rings is 2. The quantitative estimate of drug-likeness (QED) is 0.284. The van der Waals surface area contributed by atoms with Crippen LogP contribution in [-0.4, -0.2) is 80.2 Å². The molecule has 0 amide bonds. The van der Waals surface area contributed by atoms with Crippen LogP contribution in [0.3, 0.4) is 0 Å². The number of H-pyrrole nitrogens is 2. The summed E-state index contributed by atoms with van der Waals surface area (Å²) in [6.45, 7) is 9.46. The number of carboxylic acid groups (broad SMARTS) is 1. The lowest BCUT2D eigenvalue weighted by molar-refractivity contribution is -0.132. The van der Waals surface area contributed by atoms with Crippen LogP contribution in [0, 0.1) is 0 Å². The molecule has 2 aliphatic rings. The minimum Gasteiger partial charge on any atom is -0.477 e. The van der Waals surface area contributed by atoms with Crippen LogP contribution in [0.25, 0.3) is 32.9 Å². The molecule has 3 N–H and O–H groups in total. The van der Waals surface area contributed by atoms with Crippen molar-refractivity contribution in [3.05, 3.63) is 59.9 Å². The second-order valence-corrected chi connectivity index (χ2v) is 11.2. The van der Waals surface area contributed by atoms with Crippen LogP contribution in [0.15, 0.2) is 59.9 Å². The van der Waals surface area contributed by atoms with Crippen molar-refractivity contribution >= 4 is 45.2 Å². The van der Waals surface area contributed by atoms with Gasteiger partial charge < -0.3 is 15.0 Å². The second kappa shape index (κ2) is 10.5. The Morgan fingerprint density at radius 1 is 1.11 bits per heavy atom. The Labute approximate surface area is 226 Å². The molecule has 0 saturated carbocycles. The molecular formula is C29H34N6O2S. The number of nitrogens with one attached hydrogen (secondary N) is 2. The van der Waals surface area contributed by atoms with Crippen molar-refractivity contribution in [3.8, 4) is 11.1 Å². The van der Waals surface area contributed by atoms with Gasteiger partial charge in [0.2, 0.25) is 0 Å². The zero-order valence-electron chi connectivity index (χ0n) is 21.9. The molecule has 9 heteroatoms. The average Bonchev–Trinajstić information content (AvgIpc) is 3.69. The molecule has 1 atom stereocenters. The van der Waals surface area contributed by atoms with Crippen molar-refractivity contribution in [1.29, 1.82) is 0 Å². The van der Waals surface area contributed by atoms with E-state index in [0.29, 0.717) is 11.7 Å². The number of thioether (sulfide) groups is 1. The molecule has 4 aromatic rings. The molecule has 198 valence electrons. The first-order valence-corrected chi connectivity index (χ1v) is 14.4. The molecule has 0 radical (unpaired) electrons. The fraction of sp³-hybridized carbons (Fsp3) is 0.379. The number of carboxylic acids is 1. The minimum absolute atomic E-state index is 0.0304. The molecule has 1 saturated heterocycles. The number of aromatic nitrogens is 3. The fourth-order valence-corrected chi connectivity index (χ4v) is 7.19. The number of piperazine rings is 1. The highest BCUT2D eigenvalue weighted by Gasteiger charge is 2.35. The fourth-order valence-electron chi connectivity index (χ4n) is 6.04. The first kappa shape index (κ1) is 25.0. The molecule has 6 rings (SSSR count). The van der Waals surface area contributed by atoms with Crippen molar-refractivity contribution in [2.75, 3.05) is 37.6 Å². The first-order chi connectivity index (χ1) is 18.6. The topological polar surface area (TPSA) is 91.5 Å². The van der Waals surface area contributed by atoms with Gasteiger partial charge in [-0.05, 0) is 48.2 Å². The maximum Gasteiger partial charge on any atom is 0.353 e. The van der Waals surface area contributed by atoms with E-state index in [-0.39, 0.29) is 5.37 Å². The van der Waals surface area contributed by atoms with E-state index in [9.17, 15) is 9.90 Å². The van der Waals surface area contributed by atoms with Gasteiger partial charge in [-0.3, -0.25) is 14.9 Å². The molecule has 2 aliphatic heterocycles. The number of fused-ring (bicyclic) bond motifs is 2. The van der Waals surface area contributed by atoms with Gasteiger partial charge in [0.15, 0.2) is 0 Å². The molecule has 0 spiro atoms. The third-order valence-electron chi connectivity index (χ3n) is 8.09. The van der Waals surface area contributed by atoms with Gasteiger partial charge in [-0.2, -0.15) is 5.10 Å². The molecule has 4 heterocycles. The molecule has 2 aromatic heterocycles. The predicted molar refractivity (Wildman–Crippen MR) is 155 cm³/mol. The number of nitrogens with zero attached hydrogens (tertiary/aromatic N) is 4. The van der Waals surface area contributed by atoms with Gasteiger partial charge in [0.25, 0.3) is 0 Å². The van der Waals surface area contributed by atoms with E-state index < -0.39 is 5.97 Å². The molecule has 0 bridgehead atoms. The molecule has 1 fully saturated rings. The maximum atomic E-state index is 12.4. The van der Waals surface area contributed by atoms with Gasteiger partial charge >= 0.3 is 5.97 Å². The van der Waals surface area contributed by atoms with Crippen LogP contribution in [0.4, 0.5) is 5.69 Å². The monoisotopic (exact) mass is 530 g/mol. The number of hydrogen-bond acceptors (Lipinski definition) is 6. The third kappa shape index (κ3) is 4.48. The van der Waals surface area contributed by atoms with Crippen LogP contribution in [-0.2, 0) is 4.79 Å². The van der Waals surface area contributed by atoms with E-state index in [1.165, 1.54) is 12.8 Å². The van der Waals surface area contributed by atoms with Crippen LogP contribution in [0.1, 0.15) is 26.7 Å². The SMILES string of the molecule is CCC(CC)N1CCN(CC2SC=C(C(=O)O)N2c2cc(-c3cccc4[nH]ccc34)cc3[nH]ncc23)CC1. The van der Waals surface area contributed by atoms with E-state index in [2.05, 4.69) is 69.2 Å². The molecule has 8 nitrogen and oxygen atoms in total. The standard InChI is InChI=1S/C29H34N6O2S/c1-3-20(4-2)34-12-10-33(11-13-34)17-28-35(27(18-38-28)29(36)37)26-15-19(14-25-23(26)16-31-32-25)21-6-5-7-24-22(21)8-9-30-24/h5-9,14-16,18,20,28,30H,3-4,10-13,17H2,1-2H3,(H,31,32)(H,36,37). The number of anilines is 1. The Hall–Kier alpha value is -3.27. The number of aromatic amines is 2. The Balaban J connectivity index is 1.34. The third-order valence-corrected chi connectivity index (χ3v) is 9.12. The van der Waals surface area contributed by atoms with Crippen molar-refractivity contribution in [2.45, 2.75) is 38.1 Å². The highest BCUT2D eigenvalue weighted by atomic mass is 32.2. The van der Waals surface area contributed by atoms with Crippen LogP contribution in [0.2, 0.25) is 0 Å². The molecule has 2 aromatic carbocycles. The number of rotatable bonds is 8. The Morgan fingerprint density at radius 2 is 1.92 bits per heavy atom. The van der Waals surface area contributed by atoms with E-state index in [4.69, 9.17) is 0 Å². The summed E-state index contributed by atoms with van der Waals surface area (Å²) in [5, 5.41) is 21.5. The van der Waals surface area contributed by atoms with Crippen molar-refractivity contribution < 1.29 is 9.90 Å². The summed E-state index contributed by atoms with van der Waals surface area (Å²) in [5.74, 6) is -0.909. The number of hydrogen-bond donors (Lipinski definition) is 3. The molecule has 38 heavy (non-hydrogen) atoms. The smallest absolute Gasteiger partial charge is 0.353 e. The Bertz CT molecular complexity index is 1480. The average molecular weight is 531 g/mol. The van der Waals surface area contributed by atoms with Gasteiger partial charge in [0.05, 0.1) is 22.8 Å². The van der Waals surface area contributed by atoms with Crippen molar-refractivity contribution in [2.24, 2.45) is 0 Å². The summed E-state index contributed by atoms with van der Waals surface area (Å²) in [7, 11) is 0. The van der Waals surface area contributed by atoms with E-state index in [1.54, 1.807) is 23.4 Å². The highest BCUT2D eigenvalue weighted by Crippen LogP contribution is 2.42. The van der Waals surface area contributed by atoms with E-state index in [0.717, 1.165) is 71.3 Å². The summed E-state index contributed by atoms with van der Waals surface area (Å²) in [4.78, 5) is 22.8. The summed E-state index contributed by atoms with van der Waals surface area (Å²) >= 11 is 1.60. The van der Waals surface area contributed by atoms with Crippen LogP contribution >= 0.6 is 11.8 Å². The summed E-state index contributed by atoms with van der Waals surface area (Å²) in [5.41, 5.74) is 5.28. The van der Waals surface area contributed by atoms with Crippen molar-refractivity contribution in [1.82, 2.24) is 25.0 Å². The first-order valence-electron chi connectivity index (χ1n) is 13.5. The minimum atomic E-state index is -0.909. The molecular weight excluding hydrogens is 496 g/mol. The zero-order chi connectivity index (χ0) is 26.2. The maximum absolute atomic E-state index is 12.4. The van der Waals surface area contributed by atoms with E-state index >= 15 is 0 Å². The van der Waals surface area contributed by atoms with Crippen LogP contribution in [0.5, 0.6) is 0 Å². The van der Waals surface area contributed by atoms with Crippen LogP contribution < -0.4 is 4.90 Å². The van der Waals surface area contributed by atoms with Gasteiger partial charge in [0.1, 0.15) is 5.70 Å². The van der Waals surface area contributed by atoms with Gasteiger partial charge in [-0.25, -0.2) is 4.79 Å². The number of carbonyl (C=O) groups is 1. The van der Waals surface area contributed by atoms with Gasteiger partial charge in [0, 0.05) is 66.7 Å². The summed E-state index contributed by atoms with van der Waals surface area (Å²) in [6.07, 6.45) is 6.12. The van der Waals surface area contributed by atoms with Gasteiger partial charge in [-0.1, -0.05) is 26.0 Å². The lowest BCUT2D eigenvalue weighted by atomic mass is 9.99. The highest BCUT2D eigenvalue weighted by molar-refractivity contribution is 8.03. The number of aliphatic carboxylic acids is 1. The Morgan fingerprint density at radius 3 is 2.68 bits per heavy atom. The molecule has 1 unspecified atom stereocenters. The van der Waals surface area contributed by atoms with Gasteiger partial charge in [-0.15, -0.1) is 11.8 Å². The Kier molecular flexibility index (Phi) is 6.90. The predicted octanol–water partition coefficient (Wildman–Crippen LogP) is 5.32. The second-order valence-electron chi connectivity index (χ2n) is 10.1. The van der Waals surface area contributed by atoms with Crippen molar-refractivity contribution in [3.63, 3.8) is 0 Å². The molecule has 0 aliphatic carbocycles. The zero-order valence-corrected chi connectivity index (χ0v) is 22.7. The lowest BCUT2D eigenvalue weighted by Gasteiger charge is -2.40. The summed E-state index contributed by atoms with van der Waals surface area (Å²) < 4.78 is 0. The normalized spacial score (nSPS) is 19.2. The largest absolute Gasteiger partial charge is 0.477 e. The van der Waals surface area contributed by atoms with E-state index in [1.807, 2.05) is 17.2 Å².